The molecule has 0 aromatic carbocycles. The zero-order chi connectivity index (χ0) is 72.8. The summed E-state index contributed by atoms with van der Waals surface area (Å²) in [6.45, 7) is 9.65. The smallest absolute Gasteiger partial charge is 0.462 e. The summed E-state index contributed by atoms with van der Waals surface area (Å²) in [5.41, 5.74) is 0. The Kier molecular flexibility index (Phi) is 70.3. The third-order valence-electron chi connectivity index (χ3n) is 18.7. The zero-order valence-corrected chi connectivity index (χ0v) is 66.6. The van der Waals surface area contributed by atoms with E-state index in [4.69, 9.17) is 37.0 Å². The summed E-state index contributed by atoms with van der Waals surface area (Å²) < 4.78 is 68.6. The third-order valence-corrected chi connectivity index (χ3v) is 20.6. The Morgan fingerprint density at radius 1 is 0.273 bits per heavy atom. The predicted octanol–water partition coefficient (Wildman–Crippen LogP) is 23.9. The molecule has 0 aromatic rings. The Labute approximate surface area is 607 Å². The van der Waals surface area contributed by atoms with Crippen LogP contribution < -0.4 is 0 Å². The number of aliphatic hydroxyl groups excluding tert-OH is 1. The first-order chi connectivity index (χ1) is 47.9. The molecule has 3 N–H and O–H groups in total. The molecule has 0 aliphatic rings. The van der Waals surface area contributed by atoms with Crippen LogP contribution in [0.15, 0.2) is 0 Å². The highest BCUT2D eigenvalue weighted by Gasteiger charge is 2.30. The zero-order valence-electron chi connectivity index (χ0n) is 64.8. The van der Waals surface area contributed by atoms with Crippen LogP contribution in [0.4, 0.5) is 0 Å². The summed E-state index contributed by atoms with van der Waals surface area (Å²) in [4.78, 5) is 72.9. The van der Waals surface area contributed by atoms with E-state index in [1.54, 1.807) is 0 Å². The van der Waals surface area contributed by atoms with Crippen molar-refractivity contribution in [1.29, 1.82) is 0 Å². The van der Waals surface area contributed by atoms with Crippen molar-refractivity contribution >= 4 is 39.5 Å². The summed E-state index contributed by atoms with van der Waals surface area (Å²) in [5, 5.41) is 10.6. The molecule has 0 heterocycles. The van der Waals surface area contributed by atoms with E-state index in [2.05, 4.69) is 41.5 Å². The van der Waals surface area contributed by atoms with Crippen LogP contribution in [0.3, 0.4) is 0 Å². The SMILES string of the molecule is CCCCCCCCCCCCCCCCCCCC(=O)O[C@H](COC(=O)CCCCCCCCCC)COP(=O)(O)OC[C@H](O)COP(=O)(O)OC[C@@H](COC(=O)CCCCCCCCCCCCCCCCC(C)C)OC(=O)CCCCCCCCCCCCCCCCC(C)C. The predicted molar refractivity (Wildman–Crippen MR) is 405 cm³/mol. The standard InChI is InChI=1S/C80H156O17P2/c1-7-9-11-13-15-17-18-19-20-21-22-30-35-40-46-52-58-64-79(84)96-75(68-90-77(82)62-56-50-44-16-14-12-10-8-2)70-94-98(86,87)92-66-74(81)67-93-99(88,89)95-71-76(97-80(85)65-59-53-47-41-36-31-26-24-28-33-38-43-49-55-61-73(5)6)69-91-78(83)63-57-51-45-39-34-29-25-23-27-32-37-42-48-54-60-72(3)4/h72-76,81H,7-71H2,1-6H3,(H,86,87)(H,88,89)/t74-,75+,76+/m0/s1. The van der Waals surface area contributed by atoms with Gasteiger partial charge in [-0.3, -0.25) is 37.3 Å². The number of carbonyl (C=O) groups excluding carboxylic acids is 4. The van der Waals surface area contributed by atoms with Crippen LogP contribution in [0.2, 0.25) is 0 Å². The third kappa shape index (κ3) is 74.1. The van der Waals surface area contributed by atoms with Crippen LogP contribution in [0.5, 0.6) is 0 Å². The molecule has 0 aromatic heterocycles. The largest absolute Gasteiger partial charge is 0.472 e. The lowest BCUT2D eigenvalue weighted by atomic mass is 10.0. The van der Waals surface area contributed by atoms with Gasteiger partial charge in [0.2, 0.25) is 0 Å². The minimum atomic E-state index is -4.96. The van der Waals surface area contributed by atoms with E-state index in [1.165, 1.54) is 231 Å². The molecule has 0 radical (unpaired) electrons. The molecule has 0 saturated heterocycles. The van der Waals surface area contributed by atoms with E-state index < -0.39 is 97.5 Å². The summed E-state index contributed by atoms with van der Waals surface area (Å²) >= 11 is 0. The normalized spacial score (nSPS) is 13.9. The summed E-state index contributed by atoms with van der Waals surface area (Å²) in [6, 6.07) is 0. The lowest BCUT2D eigenvalue weighted by Gasteiger charge is -2.21. The molecule has 0 amide bonds. The van der Waals surface area contributed by atoms with Crippen LogP contribution in [0.25, 0.3) is 0 Å². The second-order valence-electron chi connectivity index (χ2n) is 29.8. The highest BCUT2D eigenvalue weighted by Crippen LogP contribution is 2.45. The summed E-state index contributed by atoms with van der Waals surface area (Å²) in [5.74, 6) is -0.517. The summed E-state index contributed by atoms with van der Waals surface area (Å²) in [6.07, 6.45) is 61.0. The second-order valence-corrected chi connectivity index (χ2v) is 32.7. The van der Waals surface area contributed by atoms with Crippen LogP contribution in [-0.4, -0.2) is 96.7 Å². The van der Waals surface area contributed by atoms with Gasteiger partial charge in [-0.1, -0.05) is 369 Å². The first-order valence-electron chi connectivity index (χ1n) is 41.5. The number of aliphatic hydroxyl groups is 1. The number of ether oxygens (including phenoxy) is 4. The molecule has 588 valence electrons. The number of hydrogen-bond acceptors (Lipinski definition) is 15. The molecule has 0 fully saturated rings. The van der Waals surface area contributed by atoms with Crippen molar-refractivity contribution < 1.29 is 80.2 Å². The lowest BCUT2D eigenvalue weighted by molar-refractivity contribution is -0.161. The fourth-order valence-corrected chi connectivity index (χ4v) is 13.9. The first kappa shape index (κ1) is 97.1. The van der Waals surface area contributed by atoms with E-state index in [9.17, 15) is 43.2 Å². The molecule has 0 spiro atoms. The van der Waals surface area contributed by atoms with Crippen molar-refractivity contribution in [3.05, 3.63) is 0 Å². The topological polar surface area (TPSA) is 237 Å². The van der Waals surface area contributed by atoms with Gasteiger partial charge in [-0.2, -0.15) is 0 Å². The second kappa shape index (κ2) is 71.7. The number of phosphoric acid groups is 2. The van der Waals surface area contributed by atoms with Gasteiger partial charge in [0.25, 0.3) is 0 Å². The minimum Gasteiger partial charge on any atom is -0.462 e. The maximum atomic E-state index is 13.1. The Hall–Kier alpha value is -1.94. The number of esters is 4. The Bertz CT molecular complexity index is 1910. The van der Waals surface area contributed by atoms with Crippen molar-refractivity contribution in [2.24, 2.45) is 11.8 Å². The average Bonchev–Trinajstić information content (AvgIpc) is 1.00. The molecule has 17 nitrogen and oxygen atoms in total. The quantitative estimate of drug-likeness (QED) is 0.0222. The minimum absolute atomic E-state index is 0.108. The van der Waals surface area contributed by atoms with Crippen molar-refractivity contribution in [3.8, 4) is 0 Å². The maximum absolute atomic E-state index is 13.1. The van der Waals surface area contributed by atoms with Gasteiger partial charge in [-0.25, -0.2) is 9.13 Å². The van der Waals surface area contributed by atoms with E-state index in [-0.39, 0.29) is 25.7 Å². The molecule has 99 heavy (non-hydrogen) atoms. The molecular weight excluding hydrogens is 1290 g/mol. The van der Waals surface area contributed by atoms with Gasteiger partial charge in [0.15, 0.2) is 12.2 Å². The highest BCUT2D eigenvalue weighted by molar-refractivity contribution is 7.47. The van der Waals surface area contributed by atoms with Gasteiger partial charge >= 0.3 is 39.5 Å². The van der Waals surface area contributed by atoms with Gasteiger partial charge in [0.05, 0.1) is 26.4 Å². The van der Waals surface area contributed by atoms with Crippen molar-refractivity contribution in [3.63, 3.8) is 0 Å². The van der Waals surface area contributed by atoms with E-state index in [0.29, 0.717) is 25.7 Å². The molecule has 2 unspecified atom stereocenters. The van der Waals surface area contributed by atoms with Crippen molar-refractivity contribution in [1.82, 2.24) is 0 Å². The molecule has 0 saturated carbocycles. The van der Waals surface area contributed by atoms with Crippen LogP contribution in [0.1, 0.15) is 420 Å². The van der Waals surface area contributed by atoms with Gasteiger partial charge in [0.1, 0.15) is 19.3 Å². The number of carbonyl (C=O) groups is 4. The van der Waals surface area contributed by atoms with Crippen LogP contribution in [0, 0.1) is 11.8 Å². The monoisotopic (exact) mass is 1450 g/mol. The van der Waals surface area contributed by atoms with Gasteiger partial charge < -0.3 is 33.8 Å². The van der Waals surface area contributed by atoms with Gasteiger partial charge in [-0.05, 0) is 37.5 Å². The van der Waals surface area contributed by atoms with E-state index in [1.807, 2.05) is 0 Å². The maximum Gasteiger partial charge on any atom is 0.472 e. The van der Waals surface area contributed by atoms with E-state index >= 15 is 0 Å². The Balaban J connectivity index is 5.20. The molecule has 0 bridgehead atoms. The lowest BCUT2D eigenvalue weighted by Crippen LogP contribution is -2.30. The highest BCUT2D eigenvalue weighted by atomic mass is 31.2. The molecule has 5 atom stereocenters. The van der Waals surface area contributed by atoms with Gasteiger partial charge in [-0.15, -0.1) is 0 Å². The van der Waals surface area contributed by atoms with Crippen LogP contribution >= 0.6 is 15.6 Å². The number of rotatable bonds is 79. The molecule has 0 aliphatic carbocycles. The first-order valence-corrected chi connectivity index (χ1v) is 44.5. The Morgan fingerprint density at radius 3 is 0.687 bits per heavy atom. The average molecular weight is 1450 g/mol. The van der Waals surface area contributed by atoms with Crippen molar-refractivity contribution in [2.45, 2.75) is 439 Å². The Morgan fingerprint density at radius 2 is 0.465 bits per heavy atom. The van der Waals surface area contributed by atoms with E-state index in [0.717, 1.165) is 108 Å². The van der Waals surface area contributed by atoms with Crippen molar-refractivity contribution in [2.75, 3.05) is 39.6 Å². The number of unbranched alkanes of at least 4 members (excludes halogenated alkanes) is 49. The summed E-state index contributed by atoms with van der Waals surface area (Å²) in [7, 11) is -9.91. The van der Waals surface area contributed by atoms with Crippen LogP contribution in [-0.2, 0) is 65.4 Å². The molecular formula is C80H156O17P2. The number of hydrogen-bond donors (Lipinski definition) is 3. The number of phosphoric ester groups is 2. The molecule has 0 aliphatic heterocycles. The molecule has 0 rings (SSSR count). The fourth-order valence-electron chi connectivity index (χ4n) is 12.4. The van der Waals surface area contributed by atoms with Gasteiger partial charge in [0, 0.05) is 25.7 Å². The fraction of sp³-hybridized carbons (Fsp3) is 0.950. The molecule has 19 heteroatoms.